The molecule has 0 aliphatic heterocycles. The van der Waals surface area contributed by atoms with E-state index in [0.717, 1.165) is 43.9 Å². The van der Waals surface area contributed by atoms with E-state index in [0.29, 0.717) is 17.5 Å². The highest BCUT2D eigenvalue weighted by Crippen LogP contribution is 2.33. The Morgan fingerprint density at radius 3 is 1.81 bits per heavy atom. The summed E-state index contributed by atoms with van der Waals surface area (Å²) in [5, 5.41) is 5.77. The average molecular weight is 537 g/mol. The molecule has 0 spiro atoms. The van der Waals surface area contributed by atoms with Gasteiger partial charge >= 0.3 is 0 Å². The van der Waals surface area contributed by atoms with Crippen molar-refractivity contribution in [2.24, 2.45) is 0 Å². The van der Waals surface area contributed by atoms with Crippen molar-refractivity contribution in [1.29, 1.82) is 0 Å². The number of hydrogen-bond acceptors (Lipinski definition) is 4. The second kappa shape index (κ2) is 10.0. The van der Waals surface area contributed by atoms with Gasteiger partial charge in [-0.25, -0.2) is 15.0 Å². The minimum Gasteiger partial charge on any atom is -0.256 e. The summed E-state index contributed by atoms with van der Waals surface area (Å²) in [6, 6.07) is 48.2. The summed E-state index contributed by atoms with van der Waals surface area (Å²) in [6.07, 6.45) is 1.84. The number of aromatic nitrogens is 4. The summed E-state index contributed by atoms with van der Waals surface area (Å²) in [7, 11) is 0. The van der Waals surface area contributed by atoms with E-state index in [9.17, 15) is 0 Å². The van der Waals surface area contributed by atoms with Crippen LogP contribution in [0, 0.1) is 0 Å². The molecular formula is C38H24N4. The molecule has 4 nitrogen and oxygen atoms in total. The van der Waals surface area contributed by atoms with Crippen LogP contribution in [0.25, 0.3) is 77.7 Å². The van der Waals surface area contributed by atoms with Crippen LogP contribution < -0.4 is 0 Å². The lowest BCUT2D eigenvalue weighted by Gasteiger charge is -2.11. The van der Waals surface area contributed by atoms with Crippen molar-refractivity contribution in [2.45, 2.75) is 0 Å². The van der Waals surface area contributed by atoms with E-state index in [4.69, 9.17) is 15.0 Å². The van der Waals surface area contributed by atoms with Gasteiger partial charge in [-0.15, -0.1) is 0 Å². The molecule has 196 valence electrons. The predicted octanol–water partition coefficient (Wildman–Crippen LogP) is 9.39. The van der Waals surface area contributed by atoms with Gasteiger partial charge in [0.05, 0.1) is 5.52 Å². The molecule has 0 amide bonds. The standard InChI is InChI=1S/C38H24N4/c1-2-9-27(10-3-1)36-40-37(31-18-15-25-8-4-5-11-28(25)22-31)42-38(41-36)32-19-20-34-29(23-32)12-6-14-33(34)30-17-16-26-13-7-21-39-35(26)24-30/h1-24H. The van der Waals surface area contributed by atoms with E-state index in [1.54, 1.807) is 0 Å². The van der Waals surface area contributed by atoms with Gasteiger partial charge in [-0.3, -0.25) is 4.98 Å². The summed E-state index contributed by atoms with van der Waals surface area (Å²) in [5.74, 6) is 1.96. The van der Waals surface area contributed by atoms with Crippen molar-refractivity contribution in [3.05, 3.63) is 146 Å². The zero-order chi connectivity index (χ0) is 27.9. The Morgan fingerprint density at radius 1 is 0.357 bits per heavy atom. The van der Waals surface area contributed by atoms with Gasteiger partial charge in [0, 0.05) is 28.3 Å². The first-order valence-corrected chi connectivity index (χ1v) is 14.0. The second-order valence-corrected chi connectivity index (χ2v) is 10.4. The molecule has 0 N–H and O–H groups in total. The van der Waals surface area contributed by atoms with Crippen molar-refractivity contribution >= 4 is 32.4 Å². The predicted molar refractivity (Wildman–Crippen MR) is 172 cm³/mol. The Hall–Kier alpha value is -5.74. The molecule has 0 saturated heterocycles. The van der Waals surface area contributed by atoms with Gasteiger partial charge in [-0.1, -0.05) is 115 Å². The largest absolute Gasteiger partial charge is 0.256 e. The molecular weight excluding hydrogens is 512 g/mol. The van der Waals surface area contributed by atoms with Crippen molar-refractivity contribution < 1.29 is 0 Å². The first-order chi connectivity index (χ1) is 20.8. The van der Waals surface area contributed by atoms with Crippen molar-refractivity contribution in [1.82, 2.24) is 19.9 Å². The van der Waals surface area contributed by atoms with Gasteiger partial charge in [0.1, 0.15) is 0 Å². The summed E-state index contributed by atoms with van der Waals surface area (Å²) in [5.41, 5.74) is 6.16. The molecule has 2 heterocycles. The van der Waals surface area contributed by atoms with Gasteiger partial charge in [0.2, 0.25) is 0 Å². The number of fused-ring (bicyclic) bond motifs is 3. The van der Waals surface area contributed by atoms with Crippen LogP contribution in [-0.4, -0.2) is 19.9 Å². The van der Waals surface area contributed by atoms with Crippen LogP contribution in [0.1, 0.15) is 0 Å². The Kier molecular flexibility index (Phi) is 5.75. The fourth-order valence-electron chi connectivity index (χ4n) is 5.59. The fraction of sp³-hybridized carbons (Fsp3) is 0. The Morgan fingerprint density at radius 2 is 0.976 bits per heavy atom. The minimum atomic E-state index is 0.647. The van der Waals surface area contributed by atoms with Crippen LogP contribution in [0.2, 0.25) is 0 Å². The molecule has 42 heavy (non-hydrogen) atoms. The van der Waals surface area contributed by atoms with Gasteiger partial charge in [0.25, 0.3) is 0 Å². The van der Waals surface area contributed by atoms with E-state index >= 15 is 0 Å². The molecule has 0 atom stereocenters. The Labute approximate surface area is 243 Å². The quantitative estimate of drug-likeness (QED) is 0.225. The van der Waals surface area contributed by atoms with Crippen molar-refractivity contribution in [3.8, 4) is 45.3 Å². The van der Waals surface area contributed by atoms with Crippen LogP contribution >= 0.6 is 0 Å². The lowest BCUT2D eigenvalue weighted by molar-refractivity contribution is 1.08. The summed E-state index contributed by atoms with van der Waals surface area (Å²) in [6.45, 7) is 0. The lowest BCUT2D eigenvalue weighted by atomic mass is 9.96. The van der Waals surface area contributed by atoms with Crippen LogP contribution in [0.5, 0.6) is 0 Å². The third-order valence-electron chi connectivity index (χ3n) is 7.73. The fourth-order valence-corrected chi connectivity index (χ4v) is 5.59. The number of hydrogen-bond donors (Lipinski definition) is 0. The first-order valence-electron chi connectivity index (χ1n) is 14.0. The number of benzene rings is 6. The molecule has 0 aliphatic rings. The van der Waals surface area contributed by atoms with Crippen LogP contribution in [0.15, 0.2) is 146 Å². The van der Waals surface area contributed by atoms with E-state index in [2.05, 4.69) is 108 Å². The van der Waals surface area contributed by atoms with Gasteiger partial charge in [0.15, 0.2) is 17.5 Å². The monoisotopic (exact) mass is 536 g/mol. The van der Waals surface area contributed by atoms with Crippen molar-refractivity contribution in [3.63, 3.8) is 0 Å². The third kappa shape index (κ3) is 4.36. The molecule has 2 aromatic heterocycles. The van der Waals surface area contributed by atoms with Gasteiger partial charge in [-0.05, 0) is 56.9 Å². The van der Waals surface area contributed by atoms with E-state index in [-0.39, 0.29) is 0 Å². The highest BCUT2D eigenvalue weighted by molar-refractivity contribution is 6.00. The maximum absolute atomic E-state index is 5.00. The molecule has 8 rings (SSSR count). The molecule has 0 bridgehead atoms. The molecule has 0 saturated carbocycles. The summed E-state index contributed by atoms with van der Waals surface area (Å²) < 4.78 is 0. The molecule has 0 radical (unpaired) electrons. The highest BCUT2D eigenvalue weighted by atomic mass is 15.0. The average Bonchev–Trinajstić information content (AvgIpc) is 3.07. The minimum absolute atomic E-state index is 0.647. The number of nitrogens with zero attached hydrogens (tertiary/aromatic N) is 4. The number of pyridine rings is 1. The SMILES string of the molecule is c1ccc(-c2nc(-c3ccc4ccccc4c3)nc(-c3ccc4c(-c5ccc6cccnc6c5)cccc4c3)n2)cc1. The Bertz CT molecular complexity index is 2260. The zero-order valence-corrected chi connectivity index (χ0v) is 22.6. The zero-order valence-electron chi connectivity index (χ0n) is 22.6. The Balaban J connectivity index is 1.27. The second-order valence-electron chi connectivity index (χ2n) is 10.4. The molecule has 0 unspecified atom stereocenters. The van der Waals surface area contributed by atoms with Gasteiger partial charge < -0.3 is 0 Å². The van der Waals surface area contributed by atoms with Crippen LogP contribution in [0.4, 0.5) is 0 Å². The summed E-state index contributed by atoms with van der Waals surface area (Å²) >= 11 is 0. The highest BCUT2D eigenvalue weighted by Gasteiger charge is 2.14. The number of rotatable bonds is 4. The third-order valence-corrected chi connectivity index (χ3v) is 7.73. The smallest absolute Gasteiger partial charge is 0.164 e. The molecule has 8 aromatic rings. The van der Waals surface area contributed by atoms with Crippen molar-refractivity contribution in [2.75, 3.05) is 0 Å². The lowest BCUT2D eigenvalue weighted by Crippen LogP contribution is -2.00. The molecule has 0 aliphatic carbocycles. The van der Waals surface area contributed by atoms with Crippen LogP contribution in [0.3, 0.4) is 0 Å². The van der Waals surface area contributed by atoms with E-state index < -0.39 is 0 Å². The van der Waals surface area contributed by atoms with E-state index in [1.807, 2.05) is 42.6 Å². The topological polar surface area (TPSA) is 51.6 Å². The van der Waals surface area contributed by atoms with Gasteiger partial charge in [-0.2, -0.15) is 0 Å². The van der Waals surface area contributed by atoms with E-state index in [1.165, 1.54) is 16.3 Å². The summed E-state index contributed by atoms with van der Waals surface area (Å²) in [4.78, 5) is 19.4. The first kappa shape index (κ1) is 24.1. The normalized spacial score (nSPS) is 11.3. The molecule has 6 aromatic carbocycles. The maximum Gasteiger partial charge on any atom is 0.164 e. The molecule has 4 heteroatoms. The van der Waals surface area contributed by atoms with Crippen LogP contribution in [-0.2, 0) is 0 Å². The molecule has 0 fully saturated rings. The maximum atomic E-state index is 5.00.